The van der Waals surface area contributed by atoms with E-state index in [4.69, 9.17) is 4.74 Å². The van der Waals surface area contributed by atoms with Crippen molar-refractivity contribution in [1.82, 2.24) is 15.1 Å². The van der Waals surface area contributed by atoms with E-state index in [9.17, 15) is 10.1 Å². The maximum absolute atomic E-state index is 12.1. The quantitative estimate of drug-likeness (QED) is 0.744. The van der Waals surface area contributed by atoms with Crippen LogP contribution in [0.25, 0.3) is 5.69 Å². The molecule has 130 valence electrons. The highest BCUT2D eigenvalue weighted by atomic mass is 16.5. The Morgan fingerprint density at radius 2 is 2.08 bits per heavy atom. The molecule has 6 heteroatoms. The maximum atomic E-state index is 12.1. The number of hydrogen-bond donors (Lipinski definition) is 1. The van der Waals surface area contributed by atoms with Crippen molar-refractivity contribution in [2.24, 2.45) is 0 Å². The second-order valence-electron chi connectivity index (χ2n) is 5.79. The van der Waals surface area contributed by atoms with Crippen LogP contribution in [0, 0.1) is 18.3 Å². The van der Waals surface area contributed by atoms with Gasteiger partial charge < -0.3 is 10.1 Å². The Hall–Kier alpha value is -3.59. The van der Waals surface area contributed by atoms with E-state index in [1.165, 1.54) is 0 Å². The third-order valence-corrected chi connectivity index (χ3v) is 3.75. The van der Waals surface area contributed by atoms with Gasteiger partial charge in [0.1, 0.15) is 11.8 Å². The Labute approximate surface area is 151 Å². The minimum atomic E-state index is -0.791. The lowest BCUT2D eigenvalue weighted by atomic mass is 10.2. The second-order valence-corrected chi connectivity index (χ2v) is 5.79. The molecule has 3 rings (SSSR count). The van der Waals surface area contributed by atoms with Gasteiger partial charge in [0.2, 0.25) is 0 Å². The molecular weight excluding hydrogens is 328 g/mol. The normalized spacial score (nSPS) is 11.4. The van der Waals surface area contributed by atoms with Crippen molar-refractivity contribution in [1.29, 1.82) is 5.26 Å². The van der Waals surface area contributed by atoms with E-state index in [0.717, 1.165) is 11.3 Å². The second kappa shape index (κ2) is 7.99. The standard InChI is InChI=1S/C20H18N4O2/c1-15-6-5-9-18(10-15)26-14-20(25)23-19(11-21)16-12-22-24(13-16)17-7-3-2-4-8-17/h2-10,12-13,19H,14H2,1H3,(H,23,25)/t19-/m0/s1. The van der Waals surface area contributed by atoms with E-state index in [2.05, 4.69) is 16.5 Å². The van der Waals surface area contributed by atoms with E-state index >= 15 is 0 Å². The number of amides is 1. The summed E-state index contributed by atoms with van der Waals surface area (Å²) in [6, 6.07) is 18.3. The molecule has 26 heavy (non-hydrogen) atoms. The van der Waals surface area contributed by atoms with Gasteiger partial charge in [0.15, 0.2) is 6.61 Å². The first-order valence-electron chi connectivity index (χ1n) is 8.14. The van der Waals surface area contributed by atoms with Crippen LogP contribution in [0.4, 0.5) is 0 Å². The van der Waals surface area contributed by atoms with Crippen LogP contribution < -0.4 is 10.1 Å². The summed E-state index contributed by atoms with van der Waals surface area (Å²) in [5.74, 6) is 0.246. The van der Waals surface area contributed by atoms with Crippen LogP contribution in [0.5, 0.6) is 5.75 Å². The van der Waals surface area contributed by atoms with Crippen LogP contribution in [-0.4, -0.2) is 22.3 Å². The van der Waals surface area contributed by atoms with Crippen LogP contribution >= 0.6 is 0 Å². The first-order chi connectivity index (χ1) is 12.7. The number of nitrogens with one attached hydrogen (secondary N) is 1. The molecule has 0 fully saturated rings. The van der Waals surface area contributed by atoms with Crippen molar-refractivity contribution in [2.75, 3.05) is 6.61 Å². The number of benzene rings is 2. The zero-order valence-corrected chi connectivity index (χ0v) is 14.3. The minimum Gasteiger partial charge on any atom is -0.484 e. The molecule has 3 aromatic rings. The molecule has 0 aliphatic carbocycles. The van der Waals surface area contributed by atoms with Gasteiger partial charge in [-0.1, -0.05) is 30.3 Å². The summed E-state index contributed by atoms with van der Waals surface area (Å²) in [6.07, 6.45) is 3.30. The third-order valence-electron chi connectivity index (χ3n) is 3.75. The fraction of sp³-hybridized carbons (Fsp3) is 0.150. The lowest BCUT2D eigenvalue weighted by Crippen LogP contribution is -2.31. The summed E-state index contributed by atoms with van der Waals surface area (Å²) in [5, 5.41) is 16.3. The Balaban J connectivity index is 1.62. The van der Waals surface area contributed by atoms with Crippen molar-refractivity contribution in [3.8, 4) is 17.5 Å². The molecule has 1 aromatic heterocycles. The van der Waals surface area contributed by atoms with Crippen LogP contribution in [0.2, 0.25) is 0 Å². The predicted molar refractivity (Wildman–Crippen MR) is 96.7 cm³/mol. The molecule has 1 amide bonds. The van der Waals surface area contributed by atoms with Gasteiger partial charge in [0.25, 0.3) is 5.91 Å². The molecule has 1 N–H and O–H groups in total. The zero-order chi connectivity index (χ0) is 18.4. The Bertz CT molecular complexity index is 928. The van der Waals surface area contributed by atoms with Gasteiger partial charge >= 0.3 is 0 Å². The topological polar surface area (TPSA) is 79.9 Å². The highest BCUT2D eigenvalue weighted by Gasteiger charge is 2.16. The van der Waals surface area contributed by atoms with Gasteiger partial charge in [-0.15, -0.1) is 0 Å². The lowest BCUT2D eigenvalue weighted by Gasteiger charge is -2.11. The SMILES string of the molecule is Cc1cccc(OCC(=O)N[C@@H](C#N)c2cnn(-c3ccccc3)c2)c1. The van der Waals surface area contributed by atoms with Crippen LogP contribution in [-0.2, 0) is 4.79 Å². The Kier molecular flexibility index (Phi) is 5.30. The summed E-state index contributed by atoms with van der Waals surface area (Å²) in [4.78, 5) is 12.1. The molecule has 0 spiro atoms. The molecule has 6 nitrogen and oxygen atoms in total. The summed E-state index contributed by atoms with van der Waals surface area (Å²) < 4.78 is 7.12. The van der Waals surface area contributed by atoms with Gasteiger partial charge in [0.05, 0.1) is 18.0 Å². The molecule has 0 saturated carbocycles. The van der Waals surface area contributed by atoms with E-state index < -0.39 is 6.04 Å². The highest BCUT2D eigenvalue weighted by molar-refractivity contribution is 5.78. The lowest BCUT2D eigenvalue weighted by molar-refractivity contribution is -0.123. The Morgan fingerprint density at radius 1 is 1.27 bits per heavy atom. The third kappa shape index (κ3) is 4.28. The number of rotatable bonds is 6. The average molecular weight is 346 g/mol. The number of nitriles is 1. The Morgan fingerprint density at radius 3 is 2.81 bits per heavy atom. The molecule has 2 aromatic carbocycles. The van der Waals surface area contributed by atoms with Crippen molar-refractivity contribution < 1.29 is 9.53 Å². The van der Waals surface area contributed by atoms with E-state index in [0.29, 0.717) is 11.3 Å². The smallest absolute Gasteiger partial charge is 0.259 e. The first-order valence-corrected chi connectivity index (χ1v) is 8.14. The fourth-order valence-corrected chi connectivity index (χ4v) is 2.45. The van der Waals surface area contributed by atoms with Gasteiger partial charge in [-0.3, -0.25) is 4.79 Å². The van der Waals surface area contributed by atoms with Crippen LogP contribution in [0.1, 0.15) is 17.2 Å². The van der Waals surface area contributed by atoms with Gasteiger partial charge in [0, 0.05) is 11.8 Å². The van der Waals surface area contributed by atoms with Crippen LogP contribution in [0.15, 0.2) is 67.0 Å². The number of aromatic nitrogens is 2. The number of hydrogen-bond acceptors (Lipinski definition) is 4. The zero-order valence-electron chi connectivity index (χ0n) is 14.3. The number of carbonyl (C=O) groups excluding carboxylic acids is 1. The average Bonchev–Trinajstić information content (AvgIpc) is 3.15. The molecule has 0 radical (unpaired) electrons. The summed E-state index contributed by atoms with van der Waals surface area (Å²) in [5.41, 5.74) is 2.54. The minimum absolute atomic E-state index is 0.158. The largest absolute Gasteiger partial charge is 0.484 e. The van der Waals surface area contributed by atoms with Gasteiger partial charge in [-0.05, 0) is 36.8 Å². The summed E-state index contributed by atoms with van der Waals surface area (Å²) >= 11 is 0. The van der Waals surface area contributed by atoms with Gasteiger partial charge in [-0.2, -0.15) is 10.4 Å². The molecule has 1 atom stereocenters. The van der Waals surface area contributed by atoms with Crippen molar-refractivity contribution in [2.45, 2.75) is 13.0 Å². The van der Waals surface area contributed by atoms with E-state index in [-0.39, 0.29) is 12.5 Å². The number of aryl methyl sites for hydroxylation is 1. The van der Waals surface area contributed by atoms with E-state index in [1.807, 2.05) is 55.5 Å². The number of nitrogens with zero attached hydrogens (tertiary/aromatic N) is 3. The molecule has 0 saturated heterocycles. The van der Waals surface area contributed by atoms with Crippen molar-refractivity contribution in [3.05, 3.63) is 78.1 Å². The highest BCUT2D eigenvalue weighted by Crippen LogP contribution is 2.15. The summed E-state index contributed by atoms with van der Waals surface area (Å²) in [7, 11) is 0. The van der Waals surface area contributed by atoms with Crippen molar-refractivity contribution in [3.63, 3.8) is 0 Å². The monoisotopic (exact) mass is 346 g/mol. The number of para-hydroxylation sites is 1. The molecule has 0 bridgehead atoms. The molecular formula is C20H18N4O2. The molecule has 1 heterocycles. The maximum Gasteiger partial charge on any atom is 0.259 e. The van der Waals surface area contributed by atoms with Crippen molar-refractivity contribution >= 4 is 5.91 Å². The number of ether oxygens (including phenoxy) is 1. The fourth-order valence-electron chi connectivity index (χ4n) is 2.45. The predicted octanol–water partition coefficient (Wildman–Crippen LogP) is 2.94. The molecule has 0 aliphatic rings. The van der Waals surface area contributed by atoms with Gasteiger partial charge in [-0.25, -0.2) is 4.68 Å². The molecule has 0 aliphatic heterocycles. The molecule has 0 unspecified atom stereocenters. The van der Waals surface area contributed by atoms with E-state index in [1.54, 1.807) is 23.1 Å². The summed E-state index contributed by atoms with van der Waals surface area (Å²) in [6.45, 7) is 1.79. The van der Waals surface area contributed by atoms with Crippen LogP contribution in [0.3, 0.4) is 0 Å². The number of carbonyl (C=O) groups is 1. The first kappa shape index (κ1) is 17.2.